The second-order valence-corrected chi connectivity index (χ2v) is 7.33. The summed E-state index contributed by atoms with van der Waals surface area (Å²) in [6.07, 6.45) is 7.19. The van der Waals surface area contributed by atoms with Crippen molar-refractivity contribution in [2.45, 2.75) is 52.4 Å². The van der Waals surface area contributed by atoms with Crippen molar-refractivity contribution >= 4 is 10.8 Å². The van der Waals surface area contributed by atoms with Crippen LogP contribution in [0.3, 0.4) is 0 Å². The van der Waals surface area contributed by atoms with Crippen LogP contribution in [-0.4, -0.2) is 6.61 Å². The van der Waals surface area contributed by atoms with Gasteiger partial charge in [0.2, 0.25) is 0 Å². The lowest BCUT2D eigenvalue weighted by molar-refractivity contribution is 0.306. The van der Waals surface area contributed by atoms with Gasteiger partial charge >= 0.3 is 0 Å². The van der Waals surface area contributed by atoms with Gasteiger partial charge in [-0.2, -0.15) is 0 Å². The van der Waals surface area contributed by atoms with Crippen LogP contribution >= 0.6 is 0 Å². The number of ether oxygens (including phenoxy) is 1. The molecule has 0 aromatic heterocycles. The summed E-state index contributed by atoms with van der Waals surface area (Å²) < 4.78 is 5.76. The molecule has 0 spiro atoms. The molecule has 0 fully saturated rings. The van der Waals surface area contributed by atoms with E-state index in [2.05, 4.69) is 62.1 Å². The molecule has 0 saturated carbocycles. The molecule has 3 aromatic carbocycles. The summed E-state index contributed by atoms with van der Waals surface area (Å²) in [5, 5.41) is 2.55. The van der Waals surface area contributed by atoms with Gasteiger partial charge in [0, 0.05) is 11.1 Å². The summed E-state index contributed by atoms with van der Waals surface area (Å²) in [5.41, 5.74) is 3.48. The Morgan fingerprint density at radius 2 is 1.36 bits per heavy atom. The van der Waals surface area contributed by atoms with E-state index >= 15 is 0 Å². The minimum atomic E-state index is 0.788. The monoisotopic (exact) mass is 370 g/mol. The first-order valence-electron chi connectivity index (χ1n) is 10.6. The molecular weight excluding hydrogens is 340 g/mol. The quantitative estimate of drug-likeness (QED) is 0.302. The first kappa shape index (κ1) is 20.0. The summed E-state index contributed by atoms with van der Waals surface area (Å²) in [6.45, 7) is 5.23. The lowest BCUT2D eigenvalue weighted by atomic mass is 10.0. The Morgan fingerprint density at radius 3 is 2.14 bits per heavy atom. The molecule has 0 unspecified atom stereocenters. The van der Waals surface area contributed by atoms with Crippen molar-refractivity contribution in [1.29, 1.82) is 0 Å². The van der Waals surface area contributed by atoms with Gasteiger partial charge in [-0.15, -0.1) is 0 Å². The van der Waals surface area contributed by atoms with E-state index in [0.717, 1.165) is 36.3 Å². The summed E-state index contributed by atoms with van der Waals surface area (Å²) in [7, 11) is 0. The van der Waals surface area contributed by atoms with E-state index in [-0.39, 0.29) is 0 Å². The lowest BCUT2D eigenvalue weighted by Crippen LogP contribution is -1.96. The highest BCUT2D eigenvalue weighted by atomic mass is 16.5. The number of rotatable bonds is 8. The highest BCUT2D eigenvalue weighted by Gasteiger charge is 1.98. The molecule has 0 radical (unpaired) electrons. The van der Waals surface area contributed by atoms with E-state index in [1.807, 2.05) is 24.3 Å². The van der Waals surface area contributed by atoms with Gasteiger partial charge < -0.3 is 4.74 Å². The van der Waals surface area contributed by atoms with E-state index in [1.54, 1.807) is 0 Å². The van der Waals surface area contributed by atoms with Gasteiger partial charge in [-0.3, -0.25) is 0 Å². The normalized spacial score (nSPS) is 10.5. The van der Waals surface area contributed by atoms with Crippen LogP contribution in [0.1, 0.15) is 62.6 Å². The summed E-state index contributed by atoms with van der Waals surface area (Å²) >= 11 is 0. The van der Waals surface area contributed by atoms with Crippen molar-refractivity contribution < 1.29 is 4.74 Å². The van der Waals surface area contributed by atoms with Crippen LogP contribution in [0, 0.1) is 11.8 Å². The topological polar surface area (TPSA) is 9.23 Å². The van der Waals surface area contributed by atoms with Crippen molar-refractivity contribution in [3.63, 3.8) is 0 Å². The number of hydrogen-bond acceptors (Lipinski definition) is 1. The summed E-state index contributed by atoms with van der Waals surface area (Å²) in [4.78, 5) is 0. The van der Waals surface area contributed by atoms with Crippen LogP contribution in [0.5, 0.6) is 5.75 Å². The SMILES string of the molecule is CCCCCOc1ccc(C#Cc2ccc3cc(CCCC)ccc3c2)cc1. The largest absolute Gasteiger partial charge is 0.494 e. The smallest absolute Gasteiger partial charge is 0.119 e. The molecule has 0 bridgehead atoms. The molecule has 144 valence electrons. The number of fused-ring (bicyclic) bond motifs is 1. The van der Waals surface area contributed by atoms with E-state index < -0.39 is 0 Å². The molecule has 0 saturated heterocycles. The molecular formula is C27H30O. The van der Waals surface area contributed by atoms with Gasteiger partial charge in [0.05, 0.1) is 6.61 Å². The zero-order valence-electron chi connectivity index (χ0n) is 17.1. The minimum Gasteiger partial charge on any atom is -0.494 e. The Balaban J connectivity index is 1.65. The van der Waals surface area contributed by atoms with Gasteiger partial charge in [-0.05, 0) is 72.0 Å². The first-order valence-corrected chi connectivity index (χ1v) is 10.6. The van der Waals surface area contributed by atoms with Crippen LogP contribution in [0.25, 0.3) is 10.8 Å². The Morgan fingerprint density at radius 1 is 0.679 bits per heavy atom. The molecule has 0 atom stereocenters. The van der Waals surface area contributed by atoms with E-state index in [1.165, 1.54) is 42.0 Å². The molecule has 28 heavy (non-hydrogen) atoms. The molecule has 0 aliphatic carbocycles. The van der Waals surface area contributed by atoms with Crippen molar-refractivity contribution in [2.75, 3.05) is 6.61 Å². The third kappa shape index (κ3) is 5.89. The maximum atomic E-state index is 5.76. The van der Waals surface area contributed by atoms with E-state index in [0.29, 0.717) is 0 Å². The third-order valence-electron chi connectivity index (χ3n) is 4.95. The average Bonchev–Trinajstić information content (AvgIpc) is 2.74. The summed E-state index contributed by atoms with van der Waals surface area (Å²) in [6, 6.07) is 21.3. The number of hydrogen-bond donors (Lipinski definition) is 0. The fraction of sp³-hybridized carbons (Fsp3) is 0.333. The van der Waals surface area contributed by atoms with Crippen LogP contribution in [0.4, 0.5) is 0 Å². The molecule has 3 aromatic rings. The average molecular weight is 371 g/mol. The standard InChI is InChI=1S/C27H30O/c1-3-5-7-19-28-27-17-13-22(14-18-27)9-10-24-12-16-25-20-23(8-6-4-2)11-15-26(25)21-24/h11-18,20-21H,3-8,19H2,1-2H3. The van der Waals surface area contributed by atoms with Gasteiger partial charge in [0.25, 0.3) is 0 Å². The predicted molar refractivity (Wildman–Crippen MR) is 120 cm³/mol. The second kappa shape index (κ2) is 10.6. The Labute approximate surface area is 169 Å². The summed E-state index contributed by atoms with van der Waals surface area (Å²) in [5.74, 6) is 7.48. The van der Waals surface area contributed by atoms with Gasteiger partial charge in [0.1, 0.15) is 5.75 Å². The zero-order chi connectivity index (χ0) is 19.6. The van der Waals surface area contributed by atoms with Crippen molar-refractivity contribution in [3.8, 4) is 17.6 Å². The van der Waals surface area contributed by atoms with E-state index in [4.69, 9.17) is 4.74 Å². The fourth-order valence-corrected chi connectivity index (χ4v) is 3.23. The van der Waals surface area contributed by atoms with Crippen LogP contribution < -0.4 is 4.74 Å². The number of benzene rings is 3. The van der Waals surface area contributed by atoms with Crippen LogP contribution in [-0.2, 0) is 6.42 Å². The molecule has 0 N–H and O–H groups in total. The van der Waals surface area contributed by atoms with Crippen LogP contribution in [0.2, 0.25) is 0 Å². The highest BCUT2D eigenvalue weighted by Crippen LogP contribution is 2.19. The molecule has 0 aliphatic rings. The number of aryl methyl sites for hydroxylation is 1. The maximum Gasteiger partial charge on any atom is 0.119 e. The van der Waals surface area contributed by atoms with Gasteiger partial charge in [0.15, 0.2) is 0 Å². The third-order valence-corrected chi connectivity index (χ3v) is 4.95. The van der Waals surface area contributed by atoms with Gasteiger partial charge in [-0.1, -0.05) is 69.2 Å². The van der Waals surface area contributed by atoms with Gasteiger partial charge in [-0.25, -0.2) is 0 Å². The molecule has 0 heterocycles. The zero-order valence-corrected chi connectivity index (χ0v) is 17.1. The predicted octanol–water partition coefficient (Wildman–Crippen LogP) is 7.15. The highest BCUT2D eigenvalue weighted by molar-refractivity contribution is 5.84. The molecule has 1 heteroatoms. The molecule has 0 amide bonds. The molecule has 3 rings (SSSR count). The Hall–Kier alpha value is -2.72. The van der Waals surface area contributed by atoms with Crippen molar-refractivity contribution in [1.82, 2.24) is 0 Å². The van der Waals surface area contributed by atoms with Crippen molar-refractivity contribution in [2.24, 2.45) is 0 Å². The lowest BCUT2D eigenvalue weighted by Gasteiger charge is -2.05. The first-order chi connectivity index (χ1) is 13.8. The van der Waals surface area contributed by atoms with E-state index in [9.17, 15) is 0 Å². The number of unbranched alkanes of at least 4 members (excludes halogenated alkanes) is 3. The maximum absolute atomic E-state index is 5.76. The molecule has 1 nitrogen and oxygen atoms in total. The molecule has 0 aliphatic heterocycles. The van der Waals surface area contributed by atoms with Crippen LogP contribution in [0.15, 0.2) is 60.7 Å². The van der Waals surface area contributed by atoms with Crippen molar-refractivity contribution in [3.05, 3.63) is 77.4 Å². The second-order valence-electron chi connectivity index (χ2n) is 7.33. The fourth-order valence-electron chi connectivity index (χ4n) is 3.23. The Kier molecular flexibility index (Phi) is 7.56. The minimum absolute atomic E-state index is 0.788. The Bertz CT molecular complexity index is 941.